The molecule has 0 saturated heterocycles. The Morgan fingerprint density at radius 1 is 1.36 bits per heavy atom. The smallest absolute Gasteiger partial charge is 0.219 e. The quantitative estimate of drug-likeness (QED) is 0.849. The van der Waals surface area contributed by atoms with E-state index in [9.17, 15) is 10.4 Å². The number of nitriles is 1. The summed E-state index contributed by atoms with van der Waals surface area (Å²) in [5.74, 6) is 1.63. The van der Waals surface area contributed by atoms with Crippen LogP contribution < -0.4 is 4.74 Å². The van der Waals surface area contributed by atoms with Gasteiger partial charge in [0.25, 0.3) is 0 Å². The van der Waals surface area contributed by atoms with Crippen LogP contribution in [0.3, 0.4) is 0 Å². The zero-order valence-electron chi connectivity index (χ0n) is 15.9. The maximum atomic E-state index is 10.5. The minimum Gasteiger partial charge on any atom is -0.481 e. The standard InChI is InChI=1S/C20H27N3O2/c1-11-14-8-7-13-16(20(14,5)9-12(10-21)15(11)24)22-18(19(2,3)4)23-17(13)25-6/h9,11,14-15,24H,7-8H2,1-6H3/t11-,14-,15?,20-/m0/s1. The predicted octanol–water partition coefficient (Wildman–Crippen LogP) is 3.06. The van der Waals surface area contributed by atoms with Crippen LogP contribution in [-0.2, 0) is 17.3 Å². The van der Waals surface area contributed by atoms with Gasteiger partial charge in [0.1, 0.15) is 5.82 Å². The Hall–Kier alpha value is -1.93. The topological polar surface area (TPSA) is 79.0 Å². The lowest BCUT2D eigenvalue weighted by Gasteiger charge is -2.48. The van der Waals surface area contributed by atoms with Crippen molar-refractivity contribution in [1.29, 1.82) is 5.26 Å². The molecule has 5 heteroatoms. The van der Waals surface area contributed by atoms with Crippen molar-refractivity contribution in [3.8, 4) is 11.9 Å². The molecule has 4 atom stereocenters. The molecule has 1 heterocycles. The molecule has 1 aromatic heterocycles. The number of allylic oxidation sites excluding steroid dienone is 1. The summed E-state index contributed by atoms with van der Waals surface area (Å²) in [5.41, 5.74) is 1.83. The number of methoxy groups -OCH3 is 1. The van der Waals surface area contributed by atoms with Gasteiger partial charge in [-0.15, -0.1) is 0 Å². The van der Waals surface area contributed by atoms with E-state index in [0.717, 1.165) is 29.9 Å². The molecule has 0 aliphatic heterocycles. The van der Waals surface area contributed by atoms with Crippen molar-refractivity contribution in [3.05, 3.63) is 28.7 Å². The summed E-state index contributed by atoms with van der Waals surface area (Å²) in [6.45, 7) is 10.4. The molecule has 1 unspecified atom stereocenters. The van der Waals surface area contributed by atoms with Crippen LogP contribution in [0.2, 0.25) is 0 Å². The Balaban J connectivity index is 2.29. The minimum absolute atomic E-state index is 0.0110. The Morgan fingerprint density at radius 2 is 2.04 bits per heavy atom. The summed E-state index contributed by atoms with van der Waals surface area (Å²) in [5, 5.41) is 20.0. The molecule has 0 amide bonds. The number of nitrogens with zero attached hydrogens (tertiary/aromatic N) is 3. The van der Waals surface area contributed by atoms with Gasteiger partial charge in [-0.2, -0.15) is 10.2 Å². The summed E-state index contributed by atoms with van der Waals surface area (Å²) in [6, 6.07) is 2.18. The van der Waals surface area contributed by atoms with Gasteiger partial charge in [0.05, 0.1) is 30.6 Å². The minimum atomic E-state index is -0.699. The lowest BCUT2D eigenvalue weighted by Crippen LogP contribution is -2.47. The van der Waals surface area contributed by atoms with Crippen LogP contribution in [0.1, 0.15) is 58.1 Å². The first-order valence-electron chi connectivity index (χ1n) is 8.90. The maximum Gasteiger partial charge on any atom is 0.219 e. The molecule has 5 nitrogen and oxygen atoms in total. The fourth-order valence-corrected chi connectivity index (χ4v) is 4.41. The Bertz CT molecular complexity index is 772. The number of fused-ring (bicyclic) bond motifs is 3. The van der Waals surface area contributed by atoms with Gasteiger partial charge in [-0.25, -0.2) is 4.98 Å². The number of rotatable bonds is 1. The normalized spacial score (nSPS) is 31.4. The van der Waals surface area contributed by atoms with E-state index in [1.807, 2.05) is 13.0 Å². The Labute approximate surface area is 149 Å². The van der Waals surface area contributed by atoms with Crippen molar-refractivity contribution in [3.63, 3.8) is 0 Å². The van der Waals surface area contributed by atoms with Crippen LogP contribution in [0, 0.1) is 23.2 Å². The molecule has 0 aromatic carbocycles. The van der Waals surface area contributed by atoms with Crippen LogP contribution in [-0.4, -0.2) is 28.3 Å². The molecule has 3 rings (SSSR count). The molecule has 0 spiro atoms. The SMILES string of the molecule is COc1nc(C(C)(C)C)nc2c1CC[C@H]1[C@H](C)C(O)C(C#N)=C[C@]21C. The number of hydrogen-bond donors (Lipinski definition) is 1. The van der Waals surface area contributed by atoms with Crippen LogP contribution >= 0.6 is 0 Å². The molecule has 0 saturated carbocycles. The first-order chi connectivity index (χ1) is 11.6. The van der Waals surface area contributed by atoms with Gasteiger partial charge in [-0.05, 0) is 24.7 Å². The van der Waals surface area contributed by atoms with Crippen molar-refractivity contribution in [1.82, 2.24) is 9.97 Å². The van der Waals surface area contributed by atoms with Gasteiger partial charge in [-0.1, -0.05) is 40.7 Å². The highest BCUT2D eigenvalue weighted by Crippen LogP contribution is 2.51. The summed E-state index contributed by atoms with van der Waals surface area (Å²) in [7, 11) is 1.65. The third kappa shape index (κ3) is 2.64. The number of hydrogen-bond acceptors (Lipinski definition) is 5. The van der Waals surface area contributed by atoms with E-state index >= 15 is 0 Å². The summed E-state index contributed by atoms with van der Waals surface area (Å²) >= 11 is 0. The highest BCUT2D eigenvalue weighted by molar-refractivity contribution is 5.47. The fourth-order valence-electron chi connectivity index (χ4n) is 4.41. The monoisotopic (exact) mass is 341 g/mol. The van der Waals surface area contributed by atoms with Gasteiger partial charge in [-0.3, -0.25) is 0 Å². The van der Waals surface area contributed by atoms with Gasteiger partial charge in [0, 0.05) is 16.4 Å². The summed E-state index contributed by atoms with van der Waals surface area (Å²) in [4.78, 5) is 9.60. The molecule has 0 bridgehead atoms. The molecule has 0 radical (unpaired) electrons. The van der Waals surface area contributed by atoms with E-state index in [0.29, 0.717) is 11.5 Å². The van der Waals surface area contributed by atoms with E-state index in [-0.39, 0.29) is 17.3 Å². The van der Waals surface area contributed by atoms with Gasteiger partial charge < -0.3 is 9.84 Å². The number of ether oxygens (including phenoxy) is 1. The molecule has 25 heavy (non-hydrogen) atoms. The lowest BCUT2D eigenvalue weighted by atomic mass is 9.57. The van der Waals surface area contributed by atoms with Gasteiger partial charge >= 0.3 is 0 Å². The summed E-state index contributed by atoms with van der Waals surface area (Å²) < 4.78 is 5.59. The molecule has 2 aliphatic carbocycles. The molecular weight excluding hydrogens is 314 g/mol. The van der Waals surface area contributed by atoms with Crippen molar-refractivity contribution in [2.45, 2.75) is 64.4 Å². The van der Waals surface area contributed by atoms with Crippen LogP contribution in [0.15, 0.2) is 11.6 Å². The van der Waals surface area contributed by atoms with Gasteiger partial charge in [0.15, 0.2) is 0 Å². The third-order valence-electron chi connectivity index (χ3n) is 5.85. The van der Waals surface area contributed by atoms with E-state index in [1.54, 1.807) is 7.11 Å². The molecule has 1 aromatic rings. The first kappa shape index (κ1) is 17.9. The second kappa shape index (κ2) is 5.81. The Morgan fingerprint density at radius 3 is 2.60 bits per heavy atom. The van der Waals surface area contributed by atoms with Crippen LogP contribution in [0.25, 0.3) is 0 Å². The van der Waals surface area contributed by atoms with Crippen molar-refractivity contribution < 1.29 is 9.84 Å². The highest BCUT2D eigenvalue weighted by Gasteiger charge is 2.50. The zero-order valence-corrected chi connectivity index (χ0v) is 15.9. The third-order valence-corrected chi connectivity index (χ3v) is 5.85. The van der Waals surface area contributed by atoms with Crippen LogP contribution in [0.4, 0.5) is 0 Å². The number of aromatic nitrogens is 2. The zero-order chi connectivity index (χ0) is 18.6. The summed E-state index contributed by atoms with van der Waals surface area (Å²) in [6.07, 6.45) is 2.98. The molecular formula is C20H27N3O2. The molecule has 0 fully saturated rings. The average molecular weight is 341 g/mol. The Kier molecular flexibility index (Phi) is 4.15. The van der Waals surface area contributed by atoms with E-state index < -0.39 is 11.5 Å². The first-order valence-corrected chi connectivity index (χ1v) is 8.90. The van der Waals surface area contributed by atoms with Crippen molar-refractivity contribution in [2.24, 2.45) is 11.8 Å². The highest BCUT2D eigenvalue weighted by atomic mass is 16.5. The average Bonchev–Trinajstić information content (AvgIpc) is 2.56. The second-order valence-electron chi connectivity index (χ2n) is 8.58. The largest absolute Gasteiger partial charge is 0.481 e. The fraction of sp³-hybridized carbons (Fsp3) is 0.650. The molecule has 2 aliphatic rings. The van der Waals surface area contributed by atoms with E-state index in [1.165, 1.54) is 0 Å². The van der Waals surface area contributed by atoms with Crippen molar-refractivity contribution >= 4 is 0 Å². The van der Waals surface area contributed by atoms with Crippen molar-refractivity contribution in [2.75, 3.05) is 7.11 Å². The molecule has 134 valence electrons. The van der Waals surface area contributed by atoms with Gasteiger partial charge in [0.2, 0.25) is 5.88 Å². The van der Waals surface area contributed by atoms with Crippen LogP contribution in [0.5, 0.6) is 5.88 Å². The maximum absolute atomic E-state index is 10.5. The second-order valence-corrected chi connectivity index (χ2v) is 8.58. The lowest BCUT2D eigenvalue weighted by molar-refractivity contribution is 0.0662. The van der Waals surface area contributed by atoms with E-state index in [2.05, 4.69) is 38.7 Å². The molecule has 1 N–H and O–H groups in total. The predicted molar refractivity (Wildman–Crippen MR) is 95.3 cm³/mol. The van der Waals surface area contributed by atoms with E-state index in [4.69, 9.17) is 9.72 Å². The number of aliphatic hydroxyl groups is 1. The number of aliphatic hydroxyl groups excluding tert-OH is 1.